The molecule has 0 saturated heterocycles. The van der Waals surface area contributed by atoms with Gasteiger partial charge < -0.3 is 14.8 Å². The smallest absolute Gasteiger partial charge is 0.162 e. The molecule has 0 unspecified atom stereocenters. The fraction of sp³-hybridized carbons (Fsp3) is 0.200. The minimum absolute atomic E-state index is 0.489. The van der Waals surface area contributed by atoms with Gasteiger partial charge >= 0.3 is 0 Å². The standard InChI is InChI=1S/C15H15N3O2S/c1-10-9-21-15(18-10)11(7-16)8-17-12-4-5-13(19-2)14(6-12)20-3/h4-6,8-9,17H,1-3H3/b11-8+. The summed E-state index contributed by atoms with van der Waals surface area (Å²) in [5, 5.41) is 14.9. The largest absolute Gasteiger partial charge is 0.493 e. The van der Waals surface area contributed by atoms with Crippen LogP contribution in [0.3, 0.4) is 0 Å². The molecular formula is C15H15N3O2S. The van der Waals surface area contributed by atoms with Gasteiger partial charge in [0.05, 0.1) is 14.2 Å². The van der Waals surface area contributed by atoms with Gasteiger partial charge in [-0.3, -0.25) is 0 Å². The number of nitriles is 1. The summed E-state index contributed by atoms with van der Waals surface area (Å²) in [6.07, 6.45) is 1.64. The lowest BCUT2D eigenvalue weighted by Crippen LogP contribution is -1.94. The van der Waals surface area contributed by atoms with E-state index in [9.17, 15) is 5.26 Å². The maximum absolute atomic E-state index is 9.21. The van der Waals surface area contributed by atoms with E-state index < -0.39 is 0 Å². The molecule has 0 atom stereocenters. The zero-order chi connectivity index (χ0) is 15.2. The maximum atomic E-state index is 9.21. The van der Waals surface area contributed by atoms with Gasteiger partial charge in [-0.05, 0) is 19.1 Å². The molecule has 21 heavy (non-hydrogen) atoms. The topological polar surface area (TPSA) is 67.2 Å². The molecule has 2 rings (SSSR count). The number of aromatic nitrogens is 1. The van der Waals surface area contributed by atoms with Crippen molar-refractivity contribution in [3.8, 4) is 17.6 Å². The van der Waals surface area contributed by atoms with E-state index in [0.717, 1.165) is 11.4 Å². The van der Waals surface area contributed by atoms with Crippen molar-refractivity contribution in [2.75, 3.05) is 19.5 Å². The van der Waals surface area contributed by atoms with Crippen molar-refractivity contribution >= 4 is 22.6 Å². The van der Waals surface area contributed by atoms with E-state index in [0.29, 0.717) is 22.1 Å². The van der Waals surface area contributed by atoms with E-state index in [1.807, 2.05) is 18.4 Å². The first-order chi connectivity index (χ1) is 10.2. The van der Waals surface area contributed by atoms with E-state index in [1.54, 1.807) is 32.6 Å². The lowest BCUT2D eigenvalue weighted by atomic mass is 10.2. The molecule has 108 valence electrons. The number of anilines is 1. The van der Waals surface area contributed by atoms with Crippen LogP contribution in [0.15, 0.2) is 29.8 Å². The zero-order valence-electron chi connectivity index (χ0n) is 12.0. The highest BCUT2D eigenvalue weighted by Crippen LogP contribution is 2.30. The highest BCUT2D eigenvalue weighted by molar-refractivity contribution is 7.10. The zero-order valence-corrected chi connectivity index (χ0v) is 12.8. The van der Waals surface area contributed by atoms with E-state index in [2.05, 4.69) is 16.4 Å². The Morgan fingerprint density at radius 3 is 2.67 bits per heavy atom. The highest BCUT2D eigenvalue weighted by Gasteiger charge is 2.06. The number of rotatable bonds is 5. The lowest BCUT2D eigenvalue weighted by Gasteiger charge is -2.09. The van der Waals surface area contributed by atoms with Crippen LogP contribution in [0.5, 0.6) is 11.5 Å². The monoisotopic (exact) mass is 301 g/mol. The van der Waals surface area contributed by atoms with Crippen molar-refractivity contribution < 1.29 is 9.47 Å². The van der Waals surface area contributed by atoms with Gasteiger partial charge in [0.1, 0.15) is 16.6 Å². The Bertz CT molecular complexity index is 701. The second-order valence-electron chi connectivity index (χ2n) is 4.18. The quantitative estimate of drug-likeness (QED) is 0.857. The average Bonchev–Trinajstić information content (AvgIpc) is 2.94. The molecule has 1 aromatic carbocycles. The average molecular weight is 301 g/mol. The minimum Gasteiger partial charge on any atom is -0.493 e. The minimum atomic E-state index is 0.489. The number of ether oxygens (including phenoxy) is 2. The van der Waals surface area contributed by atoms with Crippen molar-refractivity contribution in [2.24, 2.45) is 0 Å². The summed E-state index contributed by atoms with van der Waals surface area (Å²) < 4.78 is 10.4. The summed E-state index contributed by atoms with van der Waals surface area (Å²) in [6.45, 7) is 1.90. The van der Waals surface area contributed by atoms with Gasteiger partial charge in [-0.2, -0.15) is 5.26 Å². The Hall–Kier alpha value is -2.52. The number of allylic oxidation sites excluding steroid dienone is 1. The Morgan fingerprint density at radius 2 is 2.10 bits per heavy atom. The maximum Gasteiger partial charge on any atom is 0.162 e. The van der Waals surface area contributed by atoms with E-state index in [4.69, 9.17) is 9.47 Å². The Morgan fingerprint density at radius 1 is 1.33 bits per heavy atom. The van der Waals surface area contributed by atoms with Crippen LogP contribution in [-0.4, -0.2) is 19.2 Å². The number of aryl methyl sites for hydroxylation is 1. The van der Waals surface area contributed by atoms with Crippen LogP contribution >= 0.6 is 11.3 Å². The van der Waals surface area contributed by atoms with E-state index in [-0.39, 0.29) is 0 Å². The molecular weight excluding hydrogens is 286 g/mol. The fourth-order valence-electron chi connectivity index (χ4n) is 1.70. The third kappa shape index (κ3) is 3.52. The first kappa shape index (κ1) is 14.9. The van der Waals surface area contributed by atoms with Crippen LogP contribution < -0.4 is 14.8 Å². The number of nitrogens with zero attached hydrogens (tertiary/aromatic N) is 2. The molecule has 1 aromatic heterocycles. The number of methoxy groups -OCH3 is 2. The molecule has 0 aliphatic carbocycles. The first-order valence-electron chi connectivity index (χ1n) is 6.19. The molecule has 0 radical (unpaired) electrons. The van der Waals surface area contributed by atoms with E-state index in [1.165, 1.54) is 11.3 Å². The van der Waals surface area contributed by atoms with Crippen LogP contribution in [0.2, 0.25) is 0 Å². The Balaban J connectivity index is 2.21. The third-order valence-electron chi connectivity index (χ3n) is 2.74. The molecule has 0 fully saturated rings. The van der Waals surface area contributed by atoms with Gasteiger partial charge in [-0.1, -0.05) is 0 Å². The van der Waals surface area contributed by atoms with Crippen molar-refractivity contribution in [3.05, 3.63) is 40.5 Å². The second kappa shape index (κ2) is 6.77. The molecule has 2 aromatic rings. The van der Waals surface area contributed by atoms with Crippen LogP contribution in [0.4, 0.5) is 5.69 Å². The molecule has 6 heteroatoms. The van der Waals surface area contributed by atoms with Crippen LogP contribution in [0, 0.1) is 18.3 Å². The highest BCUT2D eigenvalue weighted by atomic mass is 32.1. The van der Waals surface area contributed by atoms with Crippen LogP contribution in [-0.2, 0) is 0 Å². The fourth-order valence-corrected chi connectivity index (χ4v) is 2.46. The number of thiazole rings is 1. The number of benzene rings is 1. The summed E-state index contributed by atoms with van der Waals surface area (Å²) in [6, 6.07) is 7.59. The molecule has 0 aliphatic heterocycles. The first-order valence-corrected chi connectivity index (χ1v) is 7.07. The van der Waals surface area contributed by atoms with Crippen LogP contribution in [0.25, 0.3) is 5.57 Å². The van der Waals surface area contributed by atoms with Gasteiger partial charge in [0, 0.05) is 29.0 Å². The molecule has 1 heterocycles. The van der Waals surface area contributed by atoms with Crippen molar-refractivity contribution in [1.82, 2.24) is 4.98 Å². The predicted molar refractivity (Wildman–Crippen MR) is 83.6 cm³/mol. The summed E-state index contributed by atoms with van der Waals surface area (Å²) >= 11 is 1.44. The molecule has 1 N–H and O–H groups in total. The third-order valence-corrected chi connectivity index (χ3v) is 3.73. The second-order valence-corrected chi connectivity index (χ2v) is 5.04. The van der Waals surface area contributed by atoms with E-state index >= 15 is 0 Å². The normalized spacial score (nSPS) is 10.9. The molecule has 0 spiro atoms. The molecule has 0 aliphatic rings. The Labute approximate surface area is 127 Å². The lowest BCUT2D eigenvalue weighted by molar-refractivity contribution is 0.355. The summed E-state index contributed by atoms with van der Waals surface area (Å²) in [5.41, 5.74) is 2.19. The molecule has 0 bridgehead atoms. The van der Waals surface area contributed by atoms with Crippen LogP contribution in [0.1, 0.15) is 10.7 Å². The van der Waals surface area contributed by atoms with Crippen molar-refractivity contribution in [2.45, 2.75) is 6.92 Å². The van der Waals surface area contributed by atoms with Gasteiger partial charge in [0.25, 0.3) is 0 Å². The predicted octanol–water partition coefficient (Wildman–Crippen LogP) is 3.45. The van der Waals surface area contributed by atoms with Gasteiger partial charge in [0.2, 0.25) is 0 Å². The summed E-state index contributed by atoms with van der Waals surface area (Å²) in [7, 11) is 3.17. The van der Waals surface area contributed by atoms with Gasteiger partial charge in [0.15, 0.2) is 11.5 Å². The number of hydrogen-bond donors (Lipinski definition) is 1. The van der Waals surface area contributed by atoms with Crippen molar-refractivity contribution in [1.29, 1.82) is 5.26 Å². The van der Waals surface area contributed by atoms with Crippen molar-refractivity contribution in [3.63, 3.8) is 0 Å². The molecule has 5 nitrogen and oxygen atoms in total. The summed E-state index contributed by atoms with van der Waals surface area (Å²) in [5.74, 6) is 1.28. The molecule has 0 saturated carbocycles. The number of nitrogens with one attached hydrogen (secondary N) is 1. The number of hydrogen-bond acceptors (Lipinski definition) is 6. The SMILES string of the molecule is COc1ccc(N/C=C(\C#N)c2nc(C)cs2)cc1OC. The Kier molecular flexibility index (Phi) is 4.80. The van der Waals surface area contributed by atoms with Gasteiger partial charge in [-0.25, -0.2) is 4.98 Å². The van der Waals surface area contributed by atoms with Gasteiger partial charge in [-0.15, -0.1) is 11.3 Å². The molecule has 0 amide bonds. The summed E-state index contributed by atoms with van der Waals surface area (Å²) in [4.78, 5) is 4.30.